The zero-order valence-electron chi connectivity index (χ0n) is 12.6. The van der Waals surface area contributed by atoms with Crippen molar-refractivity contribution in [2.45, 2.75) is 30.9 Å². The zero-order chi connectivity index (χ0) is 14.7. The molecule has 110 valence electrons. The fourth-order valence-electron chi connectivity index (χ4n) is 2.64. The predicted octanol–water partition coefficient (Wildman–Crippen LogP) is 3.81. The molecule has 0 bridgehead atoms. The van der Waals surface area contributed by atoms with Crippen LogP contribution in [0.4, 0.5) is 0 Å². The molecule has 1 aliphatic heterocycles. The van der Waals surface area contributed by atoms with Gasteiger partial charge in [0.1, 0.15) is 11.9 Å². The van der Waals surface area contributed by atoms with Crippen molar-refractivity contribution in [3.63, 3.8) is 0 Å². The van der Waals surface area contributed by atoms with E-state index < -0.39 is 0 Å². The fourth-order valence-corrected chi connectivity index (χ4v) is 3.53. The standard InChI is InChI=1S/C18H21NOS/c1-13-3-8-18-15(9-13)10-16(20-18)12-21-17-6-4-14(5-7-17)11-19-2/h3-9,16,19H,10-12H2,1-2H3. The van der Waals surface area contributed by atoms with Gasteiger partial charge < -0.3 is 10.1 Å². The Kier molecular flexibility index (Phi) is 4.51. The number of benzene rings is 2. The Balaban J connectivity index is 1.55. The number of ether oxygens (including phenoxy) is 1. The molecule has 0 fully saturated rings. The van der Waals surface area contributed by atoms with E-state index in [4.69, 9.17) is 4.74 Å². The van der Waals surface area contributed by atoms with Crippen molar-refractivity contribution in [3.05, 3.63) is 59.2 Å². The molecule has 0 saturated heterocycles. The maximum Gasteiger partial charge on any atom is 0.123 e. The second-order valence-corrected chi connectivity index (χ2v) is 6.63. The molecule has 1 N–H and O–H groups in total. The Hall–Kier alpha value is -1.45. The molecule has 1 unspecified atom stereocenters. The molecule has 1 aliphatic rings. The molecule has 0 radical (unpaired) electrons. The van der Waals surface area contributed by atoms with Gasteiger partial charge in [0.2, 0.25) is 0 Å². The van der Waals surface area contributed by atoms with Gasteiger partial charge in [0.25, 0.3) is 0 Å². The summed E-state index contributed by atoms with van der Waals surface area (Å²) in [5.41, 5.74) is 3.98. The molecule has 3 rings (SSSR count). The zero-order valence-corrected chi connectivity index (χ0v) is 13.4. The summed E-state index contributed by atoms with van der Waals surface area (Å²) in [6.07, 6.45) is 1.32. The summed E-state index contributed by atoms with van der Waals surface area (Å²) in [5, 5.41) is 3.17. The summed E-state index contributed by atoms with van der Waals surface area (Å²) in [4.78, 5) is 1.31. The van der Waals surface area contributed by atoms with Gasteiger partial charge >= 0.3 is 0 Å². The molecule has 2 aromatic rings. The third kappa shape index (κ3) is 3.60. The van der Waals surface area contributed by atoms with E-state index in [-0.39, 0.29) is 0 Å². The maximum absolute atomic E-state index is 6.02. The largest absolute Gasteiger partial charge is 0.489 e. The van der Waals surface area contributed by atoms with Crippen molar-refractivity contribution in [3.8, 4) is 5.75 Å². The van der Waals surface area contributed by atoms with Crippen molar-refractivity contribution in [2.24, 2.45) is 0 Å². The van der Waals surface area contributed by atoms with Gasteiger partial charge in [0, 0.05) is 23.6 Å². The Bertz CT molecular complexity index is 609. The van der Waals surface area contributed by atoms with Crippen molar-refractivity contribution in [1.82, 2.24) is 5.32 Å². The number of rotatable bonds is 5. The van der Waals surface area contributed by atoms with Crippen LogP contribution in [-0.4, -0.2) is 18.9 Å². The average molecular weight is 299 g/mol. The highest BCUT2D eigenvalue weighted by molar-refractivity contribution is 7.99. The minimum Gasteiger partial charge on any atom is -0.489 e. The van der Waals surface area contributed by atoms with Crippen LogP contribution in [0.2, 0.25) is 0 Å². The first-order valence-electron chi connectivity index (χ1n) is 7.37. The molecule has 0 amide bonds. The van der Waals surface area contributed by atoms with Crippen LogP contribution in [0.5, 0.6) is 5.75 Å². The van der Waals surface area contributed by atoms with Gasteiger partial charge in [-0.3, -0.25) is 0 Å². The highest BCUT2D eigenvalue weighted by Gasteiger charge is 2.22. The number of nitrogens with one attached hydrogen (secondary N) is 1. The minimum absolute atomic E-state index is 0.295. The molecule has 0 aliphatic carbocycles. The van der Waals surface area contributed by atoms with Crippen LogP contribution in [0, 0.1) is 6.92 Å². The summed E-state index contributed by atoms with van der Waals surface area (Å²) >= 11 is 1.87. The van der Waals surface area contributed by atoms with Gasteiger partial charge in [-0.2, -0.15) is 0 Å². The molecule has 1 atom stereocenters. The van der Waals surface area contributed by atoms with E-state index in [1.807, 2.05) is 18.8 Å². The predicted molar refractivity (Wildman–Crippen MR) is 89.2 cm³/mol. The van der Waals surface area contributed by atoms with Crippen LogP contribution < -0.4 is 10.1 Å². The molecular formula is C18H21NOS. The van der Waals surface area contributed by atoms with Gasteiger partial charge in [-0.15, -0.1) is 11.8 Å². The van der Waals surface area contributed by atoms with E-state index in [2.05, 4.69) is 54.7 Å². The number of thioether (sulfide) groups is 1. The van der Waals surface area contributed by atoms with Gasteiger partial charge in [-0.05, 0) is 43.3 Å². The lowest BCUT2D eigenvalue weighted by atomic mass is 10.1. The van der Waals surface area contributed by atoms with Crippen molar-refractivity contribution < 1.29 is 4.74 Å². The van der Waals surface area contributed by atoms with Crippen LogP contribution in [0.15, 0.2) is 47.4 Å². The molecule has 2 nitrogen and oxygen atoms in total. The van der Waals surface area contributed by atoms with Crippen molar-refractivity contribution >= 4 is 11.8 Å². The van der Waals surface area contributed by atoms with E-state index in [0.29, 0.717) is 6.10 Å². The average Bonchev–Trinajstić information content (AvgIpc) is 2.89. The van der Waals surface area contributed by atoms with E-state index >= 15 is 0 Å². The molecule has 0 aromatic heterocycles. The summed E-state index contributed by atoms with van der Waals surface area (Å²) in [6.45, 7) is 3.06. The smallest absolute Gasteiger partial charge is 0.123 e. The van der Waals surface area contributed by atoms with Crippen LogP contribution in [0.3, 0.4) is 0 Å². The third-order valence-electron chi connectivity index (χ3n) is 3.70. The first-order chi connectivity index (χ1) is 10.2. The van der Waals surface area contributed by atoms with Crippen LogP contribution in [0.25, 0.3) is 0 Å². The maximum atomic E-state index is 6.02. The molecule has 0 saturated carbocycles. The van der Waals surface area contributed by atoms with E-state index in [1.165, 1.54) is 21.6 Å². The van der Waals surface area contributed by atoms with Gasteiger partial charge in [0.05, 0.1) is 0 Å². The van der Waals surface area contributed by atoms with Gasteiger partial charge in [-0.1, -0.05) is 29.8 Å². The lowest BCUT2D eigenvalue weighted by Gasteiger charge is -2.10. The van der Waals surface area contributed by atoms with Crippen molar-refractivity contribution in [1.29, 1.82) is 0 Å². The van der Waals surface area contributed by atoms with E-state index in [0.717, 1.165) is 24.5 Å². The second kappa shape index (κ2) is 6.54. The summed E-state index contributed by atoms with van der Waals surface area (Å²) in [6, 6.07) is 15.2. The molecule has 2 aromatic carbocycles. The topological polar surface area (TPSA) is 21.3 Å². The normalized spacial score (nSPS) is 16.6. The molecule has 21 heavy (non-hydrogen) atoms. The van der Waals surface area contributed by atoms with Crippen LogP contribution in [-0.2, 0) is 13.0 Å². The van der Waals surface area contributed by atoms with E-state index in [9.17, 15) is 0 Å². The highest BCUT2D eigenvalue weighted by Crippen LogP contribution is 2.32. The molecule has 1 heterocycles. The van der Waals surface area contributed by atoms with Crippen LogP contribution >= 0.6 is 11.8 Å². The minimum atomic E-state index is 0.295. The first kappa shape index (κ1) is 14.5. The van der Waals surface area contributed by atoms with Gasteiger partial charge in [-0.25, -0.2) is 0 Å². The Morgan fingerprint density at radius 3 is 2.76 bits per heavy atom. The summed E-state index contributed by atoms with van der Waals surface area (Å²) in [5.74, 6) is 2.06. The van der Waals surface area contributed by atoms with Gasteiger partial charge in [0.15, 0.2) is 0 Å². The van der Waals surface area contributed by atoms with Crippen LogP contribution in [0.1, 0.15) is 16.7 Å². The fraction of sp³-hybridized carbons (Fsp3) is 0.333. The lowest BCUT2D eigenvalue weighted by molar-refractivity contribution is 0.259. The number of fused-ring (bicyclic) bond motifs is 1. The monoisotopic (exact) mass is 299 g/mol. The highest BCUT2D eigenvalue weighted by atomic mass is 32.2. The molecule has 3 heteroatoms. The number of hydrogen-bond acceptors (Lipinski definition) is 3. The SMILES string of the molecule is CNCc1ccc(SCC2Cc3cc(C)ccc3O2)cc1. The summed E-state index contributed by atoms with van der Waals surface area (Å²) < 4.78 is 6.02. The first-order valence-corrected chi connectivity index (χ1v) is 8.35. The Morgan fingerprint density at radius 1 is 1.19 bits per heavy atom. The number of hydrogen-bond donors (Lipinski definition) is 1. The quantitative estimate of drug-likeness (QED) is 0.848. The van der Waals surface area contributed by atoms with Crippen molar-refractivity contribution in [2.75, 3.05) is 12.8 Å². The summed E-state index contributed by atoms with van der Waals surface area (Å²) in [7, 11) is 1.97. The Labute approximate surface area is 130 Å². The van der Waals surface area contributed by atoms with E-state index in [1.54, 1.807) is 0 Å². The Morgan fingerprint density at radius 2 is 2.00 bits per heavy atom. The molecule has 0 spiro atoms. The third-order valence-corrected chi connectivity index (χ3v) is 4.84. The molecular weight excluding hydrogens is 278 g/mol. The second-order valence-electron chi connectivity index (χ2n) is 5.54. The number of aryl methyl sites for hydroxylation is 1. The lowest BCUT2D eigenvalue weighted by Crippen LogP contribution is -2.15.